The summed E-state index contributed by atoms with van der Waals surface area (Å²) in [5, 5.41) is 24.6. The maximum absolute atomic E-state index is 13.3. The molecule has 0 spiro atoms. The largest absolute Gasteiger partial charge is 0.495 e. The molecule has 0 radical (unpaired) electrons. The first-order valence-corrected chi connectivity index (χ1v) is 10.6. The summed E-state index contributed by atoms with van der Waals surface area (Å²) in [6.07, 6.45) is 0.0818. The van der Waals surface area contributed by atoms with Gasteiger partial charge in [-0.2, -0.15) is 5.26 Å². The molecule has 0 fully saturated rings. The molecule has 2 N–H and O–H groups in total. The van der Waals surface area contributed by atoms with Crippen LogP contribution in [0.1, 0.15) is 41.2 Å². The Morgan fingerprint density at radius 1 is 1.36 bits per heavy atom. The van der Waals surface area contributed by atoms with E-state index in [1.807, 2.05) is 13.1 Å². The van der Waals surface area contributed by atoms with Crippen molar-refractivity contribution in [2.24, 2.45) is 0 Å². The molecule has 5 rings (SSSR count). The average Bonchev–Trinajstić information content (AvgIpc) is 3.18. The number of pyridine rings is 2. The van der Waals surface area contributed by atoms with Crippen LogP contribution in [0.25, 0.3) is 22.3 Å². The van der Waals surface area contributed by atoms with Crippen LogP contribution < -0.4 is 15.6 Å². The molecule has 0 saturated carbocycles. The highest BCUT2D eigenvalue weighted by Crippen LogP contribution is 2.40. The number of carbonyl (C=O) groups excluding carboxylic acids is 1. The van der Waals surface area contributed by atoms with Crippen LogP contribution in [0.4, 0.5) is 0 Å². The van der Waals surface area contributed by atoms with E-state index in [-0.39, 0.29) is 29.7 Å². The van der Waals surface area contributed by atoms with Gasteiger partial charge in [0.2, 0.25) is 0 Å². The standard InChI is InChI=1S/C24H22N4O5/c1-4-24(31)17-7-19-20-13(10-28(19)22(29)16(17)11-33-23(24)30)5-14-15(9-26-2)21(32-3)12(8-25)6-18(14)27-20/h5-7,26,31H,4,9-11H2,1-3H3/t24-/m0/s1. The Hall–Kier alpha value is -3.74. The van der Waals surface area contributed by atoms with Crippen molar-refractivity contribution in [1.82, 2.24) is 14.9 Å². The molecular weight excluding hydrogens is 424 g/mol. The third-order valence-electron chi connectivity index (χ3n) is 6.55. The second-order valence-corrected chi connectivity index (χ2v) is 8.24. The number of benzene rings is 1. The molecule has 0 unspecified atom stereocenters. The summed E-state index contributed by atoms with van der Waals surface area (Å²) in [6, 6.07) is 7.48. The first kappa shape index (κ1) is 21.1. The van der Waals surface area contributed by atoms with Crippen molar-refractivity contribution in [3.8, 4) is 23.2 Å². The molecule has 1 atom stereocenters. The van der Waals surface area contributed by atoms with Gasteiger partial charge in [0, 0.05) is 28.6 Å². The van der Waals surface area contributed by atoms with E-state index in [1.165, 1.54) is 7.11 Å². The van der Waals surface area contributed by atoms with Gasteiger partial charge < -0.3 is 24.5 Å². The average molecular weight is 446 g/mol. The number of carbonyl (C=O) groups is 1. The van der Waals surface area contributed by atoms with Crippen LogP contribution in [0.5, 0.6) is 5.75 Å². The first-order chi connectivity index (χ1) is 15.9. The number of aromatic nitrogens is 2. The predicted octanol–water partition coefficient (Wildman–Crippen LogP) is 1.68. The molecule has 2 aliphatic rings. The number of methoxy groups -OCH3 is 1. The SMILES string of the molecule is CC[C@@]1(O)C(=O)OCc2c1cc1n(c2=O)Cc2cc3c(CNC)c(OC)c(C#N)cc3nc2-1. The Balaban J connectivity index is 1.79. The molecule has 9 nitrogen and oxygen atoms in total. The highest BCUT2D eigenvalue weighted by Gasteiger charge is 2.45. The van der Waals surface area contributed by atoms with Crippen LogP contribution in [0.2, 0.25) is 0 Å². The van der Waals surface area contributed by atoms with Crippen LogP contribution in [0, 0.1) is 11.3 Å². The van der Waals surface area contributed by atoms with E-state index in [9.17, 15) is 20.0 Å². The summed E-state index contributed by atoms with van der Waals surface area (Å²) in [5.41, 5.74) is 2.10. The van der Waals surface area contributed by atoms with Gasteiger partial charge in [-0.3, -0.25) is 4.79 Å². The van der Waals surface area contributed by atoms with E-state index < -0.39 is 11.6 Å². The fourth-order valence-electron chi connectivity index (χ4n) is 4.84. The molecule has 33 heavy (non-hydrogen) atoms. The van der Waals surface area contributed by atoms with Crippen molar-refractivity contribution in [2.45, 2.75) is 38.6 Å². The first-order valence-electron chi connectivity index (χ1n) is 10.6. The molecule has 1 aromatic carbocycles. The number of fused-ring (bicyclic) bond motifs is 5. The molecule has 2 aromatic heterocycles. The minimum absolute atomic E-state index is 0.0818. The molecule has 4 heterocycles. The number of nitriles is 1. The zero-order valence-electron chi connectivity index (χ0n) is 18.5. The van der Waals surface area contributed by atoms with E-state index in [1.54, 1.807) is 23.6 Å². The Morgan fingerprint density at radius 2 is 2.15 bits per heavy atom. The van der Waals surface area contributed by atoms with Crippen LogP contribution in [-0.4, -0.2) is 34.8 Å². The second-order valence-electron chi connectivity index (χ2n) is 8.24. The normalized spacial score (nSPS) is 18.3. The van der Waals surface area contributed by atoms with E-state index in [4.69, 9.17) is 14.5 Å². The van der Waals surface area contributed by atoms with E-state index in [2.05, 4.69) is 11.4 Å². The van der Waals surface area contributed by atoms with E-state index in [0.29, 0.717) is 41.3 Å². The van der Waals surface area contributed by atoms with Gasteiger partial charge in [0.25, 0.3) is 5.56 Å². The Labute approximate surface area is 189 Å². The van der Waals surface area contributed by atoms with Crippen LogP contribution >= 0.6 is 0 Å². The number of nitrogens with one attached hydrogen (secondary N) is 1. The maximum Gasteiger partial charge on any atom is 0.343 e. The number of rotatable bonds is 4. The lowest BCUT2D eigenvalue weighted by Gasteiger charge is -2.31. The van der Waals surface area contributed by atoms with Gasteiger partial charge in [0.15, 0.2) is 5.60 Å². The number of esters is 1. The molecule has 2 aliphatic heterocycles. The molecule has 0 saturated heterocycles. The number of hydrogen-bond donors (Lipinski definition) is 2. The molecular formula is C24H22N4O5. The monoisotopic (exact) mass is 446 g/mol. The quantitative estimate of drug-likeness (QED) is 0.454. The Bertz CT molecular complexity index is 1450. The van der Waals surface area contributed by atoms with Gasteiger partial charge in [-0.25, -0.2) is 9.78 Å². The van der Waals surface area contributed by atoms with Crippen molar-refractivity contribution >= 4 is 16.9 Å². The summed E-state index contributed by atoms with van der Waals surface area (Å²) < 4.78 is 12.2. The number of nitrogens with zero attached hydrogens (tertiary/aromatic N) is 3. The molecule has 0 amide bonds. The summed E-state index contributed by atoms with van der Waals surface area (Å²) in [6.45, 7) is 2.27. The van der Waals surface area contributed by atoms with Gasteiger partial charge in [-0.1, -0.05) is 6.92 Å². The smallest absolute Gasteiger partial charge is 0.343 e. The van der Waals surface area contributed by atoms with Gasteiger partial charge in [0.05, 0.1) is 41.7 Å². The Kier molecular flexibility index (Phi) is 4.74. The minimum atomic E-state index is -1.87. The molecule has 0 aliphatic carbocycles. The van der Waals surface area contributed by atoms with E-state index >= 15 is 0 Å². The summed E-state index contributed by atoms with van der Waals surface area (Å²) >= 11 is 0. The number of ether oxygens (including phenoxy) is 2. The lowest BCUT2D eigenvalue weighted by atomic mass is 9.86. The second kappa shape index (κ2) is 7.40. The van der Waals surface area contributed by atoms with Crippen molar-refractivity contribution in [3.63, 3.8) is 0 Å². The zero-order valence-corrected chi connectivity index (χ0v) is 18.5. The van der Waals surface area contributed by atoms with E-state index in [0.717, 1.165) is 16.5 Å². The van der Waals surface area contributed by atoms with Crippen LogP contribution in [0.15, 0.2) is 23.0 Å². The van der Waals surface area contributed by atoms with Gasteiger partial charge in [0.1, 0.15) is 18.4 Å². The molecule has 168 valence electrons. The number of aliphatic hydroxyl groups is 1. The molecule has 0 bridgehead atoms. The fourth-order valence-corrected chi connectivity index (χ4v) is 4.84. The van der Waals surface area contributed by atoms with Crippen molar-refractivity contribution in [3.05, 3.63) is 56.4 Å². The van der Waals surface area contributed by atoms with Gasteiger partial charge >= 0.3 is 5.97 Å². The number of hydrogen-bond acceptors (Lipinski definition) is 8. The van der Waals surface area contributed by atoms with Gasteiger partial charge in [-0.05, 0) is 31.7 Å². The lowest BCUT2D eigenvalue weighted by Crippen LogP contribution is -2.44. The molecule has 9 heteroatoms. The zero-order chi connectivity index (χ0) is 23.5. The summed E-state index contributed by atoms with van der Waals surface area (Å²) in [7, 11) is 3.34. The topological polar surface area (TPSA) is 126 Å². The highest BCUT2D eigenvalue weighted by atomic mass is 16.6. The van der Waals surface area contributed by atoms with Crippen LogP contribution in [-0.2, 0) is 34.8 Å². The number of cyclic esters (lactones) is 1. The fraction of sp³-hybridized carbons (Fsp3) is 0.333. The Morgan fingerprint density at radius 3 is 2.82 bits per heavy atom. The predicted molar refractivity (Wildman–Crippen MR) is 119 cm³/mol. The van der Waals surface area contributed by atoms with Gasteiger partial charge in [-0.15, -0.1) is 0 Å². The summed E-state index contributed by atoms with van der Waals surface area (Å²) in [4.78, 5) is 30.4. The molecule has 3 aromatic rings. The summed E-state index contributed by atoms with van der Waals surface area (Å²) in [5.74, 6) is -0.262. The maximum atomic E-state index is 13.3. The highest BCUT2D eigenvalue weighted by molar-refractivity contribution is 5.91. The van der Waals surface area contributed by atoms with Crippen molar-refractivity contribution in [1.29, 1.82) is 5.26 Å². The van der Waals surface area contributed by atoms with Crippen LogP contribution in [0.3, 0.4) is 0 Å². The van der Waals surface area contributed by atoms with Crippen molar-refractivity contribution < 1.29 is 19.4 Å². The minimum Gasteiger partial charge on any atom is -0.495 e. The third kappa shape index (κ3) is 2.81. The van der Waals surface area contributed by atoms with Crippen molar-refractivity contribution in [2.75, 3.05) is 14.2 Å². The third-order valence-corrected chi connectivity index (χ3v) is 6.55. The lowest BCUT2D eigenvalue weighted by molar-refractivity contribution is -0.172.